The van der Waals surface area contributed by atoms with Crippen molar-refractivity contribution in [2.45, 2.75) is 77.8 Å². The molecule has 0 bridgehead atoms. The van der Waals surface area contributed by atoms with E-state index in [-0.39, 0.29) is 24.3 Å². The van der Waals surface area contributed by atoms with E-state index in [0.717, 1.165) is 55.2 Å². The summed E-state index contributed by atoms with van der Waals surface area (Å²) in [4.78, 5) is 46.1. The molecule has 4 aromatic rings. The summed E-state index contributed by atoms with van der Waals surface area (Å²) in [7, 11) is 1.88. The minimum atomic E-state index is -0.661. The van der Waals surface area contributed by atoms with E-state index >= 15 is 0 Å². The summed E-state index contributed by atoms with van der Waals surface area (Å²) in [5.41, 5.74) is 3.31. The fourth-order valence-electron chi connectivity index (χ4n) is 6.54. The second-order valence-corrected chi connectivity index (χ2v) is 12.7. The number of aromatic amines is 1. The van der Waals surface area contributed by atoms with Crippen LogP contribution in [0.2, 0.25) is 5.02 Å². The molecule has 5 heterocycles. The molecule has 1 aliphatic heterocycles. The van der Waals surface area contributed by atoms with Gasteiger partial charge < -0.3 is 14.4 Å². The monoisotopic (exact) mass is 606 g/mol. The number of imidazole rings is 1. The third-order valence-electron chi connectivity index (χ3n) is 9.07. The number of halogens is 1. The number of carbonyl (C=O) groups excluding carboxylic acids is 1. The van der Waals surface area contributed by atoms with Crippen LogP contribution in [0.3, 0.4) is 0 Å². The lowest BCUT2D eigenvalue weighted by Gasteiger charge is -2.40. The van der Waals surface area contributed by atoms with Gasteiger partial charge in [-0.25, -0.2) is 14.8 Å². The molecule has 1 atom stereocenters. The lowest BCUT2D eigenvalue weighted by Crippen LogP contribution is -2.55. The molecule has 2 aliphatic rings. The highest BCUT2D eigenvalue weighted by molar-refractivity contribution is 6.30. The number of rotatable bonds is 9. The van der Waals surface area contributed by atoms with Gasteiger partial charge in [-0.3, -0.25) is 19.3 Å². The molecule has 1 saturated heterocycles. The van der Waals surface area contributed by atoms with Crippen LogP contribution in [0.15, 0.2) is 33.8 Å². The van der Waals surface area contributed by atoms with Crippen molar-refractivity contribution in [3.63, 3.8) is 0 Å². The van der Waals surface area contributed by atoms with Crippen molar-refractivity contribution in [2.24, 2.45) is 11.8 Å². The molecule has 1 saturated carbocycles. The van der Waals surface area contributed by atoms with Gasteiger partial charge in [-0.05, 0) is 36.8 Å². The van der Waals surface area contributed by atoms with Crippen LogP contribution >= 0.6 is 11.6 Å². The summed E-state index contributed by atoms with van der Waals surface area (Å²) < 4.78 is 7.05. The molecule has 228 valence electrons. The van der Waals surface area contributed by atoms with Gasteiger partial charge in [0, 0.05) is 38.1 Å². The van der Waals surface area contributed by atoms with Crippen molar-refractivity contribution in [3.05, 3.63) is 40.1 Å². The number of likely N-dealkylation sites (N-methyl/N-ethyl adjacent to an activating group) is 1. The van der Waals surface area contributed by atoms with Gasteiger partial charge in [0.1, 0.15) is 12.2 Å². The standard InChI is InChI=1S/C31H39ClN8O3/c1-4-5-6-23-17-38(3)26(41)18-40(23)30-35-24-14-25(29-36-31(42)43-37-29)34-27(21-13-22(32)16-33-15-21)28(24)39(30)12-11-20-9-7-19(2)8-10-20/h13-16,19-20,23H,4-12,17-18H2,1-3H3,(H,36,37,42). The van der Waals surface area contributed by atoms with E-state index in [1.165, 1.54) is 25.7 Å². The van der Waals surface area contributed by atoms with E-state index in [1.807, 2.05) is 24.1 Å². The number of unbranched alkanes of at least 4 members (excludes halogenated alkanes) is 1. The van der Waals surface area contributed by atoms with E-state index in [0.29, 0.717) is 34.4 Å². The molecule has 1 aliphatic carbocycles. The predicted octanol–water partition coefficient (Wildman–Crippen LogP) is 5.54. The molecule has 1 N–H and O–H groups in total. The van der Waals surface area contributed by atoms with Crippen LogP contribution < -0.4 is 10.7 Å². The lowest BCUT2D eigenvalue weighted by atomic mass is 9.81. The Bertz CT molecular complexity index is 1650. The number of amides is 1. The molecule has 11 nitrogen and oxygen atoms in total. The summed E-state index contributed by atoms with van der Waals surface area (Å²) in [6.45, 7) is 6.19. The lowest BCUT2D eigenvalue weighted by molar-refractivity contribution is -0.130. The number of hydrogen-bond donors (Lipinski definition) is 1. The second kappa shape index (κ2) is 12.5. The highest BCUT2D eigenvalue weighted by atomic mass is 35.5. The van der Waals surface area contributed by atoms with Gasteiger partial charge in [0.05, 0.1) is 27.8 Å². The van der Waals surface area contributed by atoms with Crippen molar-refractivity contribution in [1.82, 2.24) is 34.6 Å². The van der Waals surface area contributed by atoms with E-state index < -0.39 is 5.76 Å². The highest BCUT2D eigenvalue weighted by Gasteiger charge is 2.34. The minimum Gasteiger partial charge on any atom is -0.342 e. The largest absolute Gasteiger partial charge is 0.439 e. The average molecular weight is 607 g/mol. The molecule has 43 heavy (non-hydrogen) atoms. The number of aryl methyl sites for hydroxylation is 1. The SMILES string of the molecule is CCCCC1CN(C)C(=O)CN1c1nc2cc(-c3noc(=O)[nH]3)nc(-c3cncc(Cl)c3)c2n1CCC1CCC(C)CC1. The zero-order valence-electron chi connectivity index (χ0n) is 25.1. The van der Waals surface area contributed by atoms with Gasteiger partial charge in [0.15, 0.2) is 0 Å². The van der Waals surface area contributed by atoms with Crippen LogP contribution in [0.5, 0.6) is 0 Å². The Balaban J connectivity index is 1.53. The zero-order chi connectivity index (χ0) is 30.1. The number of anilines is 1. The number of hydrogen-bond acceptors (Lipinski definition) is 8. The first kappa shape index (κ1) is 29.3. The second-order valence-electron chi connectivity index (χ2n) is 12.2. The molecule has 0 spiro atoms. The topological polar surface area (TPSA) is 126 Å². The third kappa shape index (κ3) is 6.18. The molecule has 2 fully saturated rings. The van der Waals surface area contributed by atoms with Crippen LogP contribution in [0.1, 0.15) is 65.2 Å². The van der Waals surface area contributed by atoms with Crippen LogP contribution in [0.4, 0.5) is 5.95 Å². The number of H-pyrrole nitrogens is 1. The average Bonchev–Trinajstić information content (AvgIpc) is 3.60. The summed E-state index contributed by atoms with van der Waals surface area (Å²) in [5, 5.41) is 4.38. The summed E-state index contributed by atoms with van der Waals surface area (Å²) in [5.74, 6) is 1.81. The number of aromatic nitrogens is 6. The molecule has 0 aromatic carbocycles. The van der Waals surface area contributed by atoms with E-state index in [9.17, 15) is 9.59 Å². The third-order valence-corrected chi connectivity index (χ3v) is 9.27. The summed E-state index contributed by atoms with van der Waals surface area (Å²) in [6.07, 6.45) is 12.4. The smallest absolute Gasteiger partial charge is 0.342 e. The van der Waals surface area contributed by atoms with Crippen LogP contribution in [-0.2, 0) is 11.3 Å². The molecular formula is C31H39ClN8O3. The van der Waals surface area contributed by atoms with Crippen molar-refractivity contribution in [3.8, 4) is 22.8 Å². The Morgan fingerprint density at radius 2 is 1.91 bits per heavy atom. The van der Waals surface area contributed by atoms with Crippen molar-refractivity contribution in [1.29, 1.82) is 0 Å². The maximum Gasteiger partial charge on any atom is 0.439 e. The normalized spacial score (nSPS) is 21.2. The van der Waals surface area contributed by atoms with Gasteiger partial charge in [-0.1, -0.05) is 69.1 Å². The number of nitrogens with zero attached hydrogens (tertiary/aromatic N) is 7. The Hall–Kier alpha value is -3.73. The first-order chi connectivity index (χ1) is 20.8. The summed E-state index contributed by atoms with van der Waals surface area (Å²) >= 11 is 6.41. The quantitative estimate of drug-likeness (QED) is 0.263. The van der Waals surface area contributed by atoms with Crippen LogP contribution in [-0.4, -0.2) is 66.6 Å². The molecule has 1 amide bonds. The number of carbonyl (C=O) groups is 1. The number of nitrogens with one attached hydrogen (secondary N) is 1. The zero-order valence-corrected chi connectivity index (χ0v) is 25.8. The van der Waals surface area contributed by atoms with Crippen molar-refractivity contribution < 1.29 is 9.32 Å². The Labute approximate surface area is 255 Å². The molecule has 6 rings (SSSR count). The Kier molecular flexibility index (Phi) is 8.52. The number of piperazine rings is 1. The fourth-order valence-corrected chi connectivity index (χ4v) is 6.72. The maximum atomic E-state index is 13.1. The van der Waals surface area contributed by atoms with E-state index in [1.54, 1.807) is 12.4 Å². The molecule has 0 radical (unpaired) electrons. The molecule has 4 aromatic heterocycles. The minimum absolute atomic E-state index is 0.0749. The maximum absolute atomic E-state index is 13.1. The van der Waals surface area contributed by atoms with Gasteiger partial charge in [-0.15, -0.1) is 0 Å². The molecule has 1 unspecified atom stereocenters. The van der Waals surface area contributed by atoms with E-state index in [4.69, 9.17) is 26.1 Å². The van der Waals surface area contributed by atoms with Gasteiger partial charge in [0.2, 0.25) is 17.7 Å². The van der Waals surface area contributed by atoms with Crippen LogP contribution in [0, 0.1) is 11.8 Å². The first-order valence-electron chi connectivity index (χ1n) is 15.4. The van der Waals surface area contributed by atoms with Gasteiger partial charge in [0.25, 0.3) is 0 Å². The van der Waals surface area contributed by atoms with Crippen molar-refractivity contribution in [2.75, 3.05) is 25.0 Å². The number of pyridine rings is 2. The predicted molar refractivity (Wildman–Crippen MR) is 166 cm³/mol. The highest BCUT2D eigenvalue weighted by Crippen LogP contribution is 2.37. The number of fused-ring (bicyclic) bond motifs is 1. The van der Waals surface area contributed by atoms with Gasteiger partial charge in [-0.2, -0.15) is 0 Å². The Morgan fingerprint density at radius 1 is 1.09 bits per heavy atom. The summed E-state index contributed by atoms with van der Waals surface area (Å²) in [6, 6.07) is 3.80. The van der Waals surface area contributed by atoms with E-state index in [2.05, 4.69) is 38.4 Å². The van der Waals surface area contributed by atoms with Crippen molar-refractivity contribution >= 4 is 34.5 Å². The van der Waals surface area contributed by atoms with Crippen LogP contribution in [0.25, 0.3) is 33.8 Å². The molecular weight excluding hydrogens is 568 g/mol. The first-order valence-corrected chi connectivity index (χ1v) is 15.8. The fraction of sp³-hybridized carbons (Fsp3) is 0.548. The Morgan fingerprint density at radius 3 is 2.63 bits per heavy atom. The van der Waals surface area contributed by atoms with Gasteiger partial charge >= 0.3 is 5.76 Å². The molecule has 12 heteroatoms.